The monoisotopic (exact) mass is 334 g/mol. The minimum atomic E-state index is -0.185. The number of rotatable bonds is 5. The molecule has 0 aliphatic heterocycles. The summed E-state index contributed by atoms with van der Waals surface area (Å²) in [6.07, 6.45) is 4.54. The number of hydrogen-bond donors (Lipinski definition) is 2. The molecule has 0 bridgehead atoms. The molecule has 23 heavy (non-hydrogen) atoms. The fourth-order valence-electron chi connectivity index (χ4n) is 3.62. The van der Waals surface area contributed by atoms with E-state index in [1.807, 2.05) is 24.3 Å². The zero-order chi connectivity index (χ0) is 16.4. The maximum Gasteiger partial charge on any atom is 0.223 e. The Bertz CT molecular complexity index is 596. The number of hydrogen-bond acceptors (Lipinski definition) is 2. The summed E-state index contributed by atoms with van der Waals surface area (Å²) >= 11 is 6.01. The van der Waals surface area contributed by atoms with Gasteiger partial charge in [0.05, 0.1) is 0 Å². The molecule has 0 radical (unpaired) electrons. The first-order valence-electron chi connectivity index (χ1n) is 8.37. The highest BCUT2D eigenvalue weighted by Crippen LogP contribution is 2.48. The highest BCUT2D eigenvalue weighted by atomic mass is 35.5. The summed E-state index contributed by atoms with van der Waals surface area (Å²) in [5.41, 5.74) is 6.50. The van der Waals surface area contributed by atoms with E-state index < -0.39 is 0 Å². The molecule has 0 heterocycles. The molecular weight excluding hydrogens is 312 g/mol. The first-order chi connectivity index (χ1) is 11.0. The minimum absolute atomic E-state index is 0.0255. The van der Waals surface area contributed by atoms with Crippen molar-refractivity contribution in [2.75, 3.05) is 6.54 Å². The Hall–Kier alpha value is -1.55. The average Bonchev–Trinajstić information content (AvgIpc) is 3.34. The number of amides is 2. The Labute approximate surface area is 141 Å². The molecule has 5 heteroatoms. The van der Waals surface area contributed by atoms with Crippen LogP contribution in [0.25, 0.3) is 0 Å². The minimum Gasteiger partial charge on any atom is -0.369 e. The molecule has 2 amide bonds. The van der Waals surface area contributed by atoms with Gasteiger partial charge in [-0.1, -0.05) is 23.7 Å². The molecular formula is C18H23ClN2O2. The Kier molecular flexibility index (Phi) is 4.90. The van der Waals surface area contributed by atoms with E-state index >= 15 is 0 Å². The standard InChI is InChI=1S/C18H23ClN2O2/c19-14-3-1-2-13(8-14)15-9-16(15)18(23)21-10-11-4-6-12(7-5-11)17(20)22/h1-3,8,11-12,15-16H,4-7,9-10H2,(H2,20,22)(H,21,23)/t11?,12?,15-,16-/m1/s1. The van der Waals surface area contributed by atoms with Crippen LogP contribution in [0.4, 0.5) is 0 Å². The van der Waals surface area contributed by atoms with Gasteiger partial charge in [0.1, 0.15) is 0 Å². The van der Waals surface area contributed by atoms with E-state index in [0.29, 0.717) is 18.4 Å². The SMILES string of the molecule is NC(=O)C1CCC(CNC(=O)[C@@H]2C[C@@H]2c2cccc(Cl)c2)CC1. The van der Waals surface area contributed by atoms with Crippen LogP contribution in [0, 0.1) is 17.8 Å². The van der Waals surface area contributed by atoms with Crippen molar-refractivity contribution in [3.63, 3.8) is 0 Å². The van der Waals surface area contributed by atoms with Gasteiger partial charge in [0.15, 0.2) is 0 Å². The molecule has 0 unspecified atom stereocenters. The summed E-state index contributed by atoms with van der Waals surface area (Å²) in [4.78, 5) is 23.4. The van der Waals surface area contributed by atoms with Crippen molar-refractivity contribution < 1.29 is 9.59 Å². The van der Waals surface area contributed by atoms with Crippen LogP contribution in [0.15, 0.2) is 24.3 Å². The maximum absolute atomic E-state index is 12.3. The van der Waals surface area contributed by atoms with E-state index in [0.717, 1.165) is 42.7 Å². The molecule has 0 aromatic heterocycles. The molecule has 2 aliphatic rings. The van der Waals surface area contributed by atoms with E-state index in [9.17, 15) is 9.59 Å². The third-order valence-electron chi connectivity index (χ3n) is 5.22. The summed E-state index contributed by atoms with van der Waals surface area (Å²) in [6, 6.07) is 7.77. The normalized spacial score (nSPS) is 29.8. The second-order valence-corrected chi connectivity index (χ2v) is 7.31. The molecule has 4 nitrogen and oxygen atoms in total. The molecule has 2 fully saturated rings. The lowest BCUT2D eigenvalue weighted by molar-refractivity contribution is -0.124. The second-order valence-electron chi connectivity index (χ2n) is 6.87. The van der Waals surface area contributed by atoms with Crippen molar-refractivity contribution in [2.45, 2.75) is 38.0 Å². The predicted molar refractivity (Wildman–Crippen MR) is 90.0 cm³/mol. The van der Waals surface area contributed by atoms with Crippen LogP contribution in [-0.2, 0) is 9.59 Å². The van der Waals surface area contributed by atoms with Gasteiger partial charge >= 0.3 is 0 Å². The number of primary amides is 1. The summed E-state index contributed by atoms with van der Waals surface area (Å²) in [7, 11) is 0. The van der Waals surface area contributed by atoms with Crippen molar-refractivity contribution in [3.05, 3.63) is 34.9 Å². The summed E-state index contributed by atoms with van der Waals surface area (Å²) in [6.45, 7) is 0.711. The van der Waals surface area contributed by atoms with Crippen LogP contribution in [-0.4, -0.2) is 18.4 Å². The van der Waals surface area contributed by atoms with Gasteiger partial charge in [-0.25, -0.2) is 0 Å². The molecule has 2 aliphatic carbocycles. The van der Waals surface area contributed by atoms with Crippen LogP contribution in [0.2, 0.25) is 5.02 Å². The number of carbonyl (C=O) groups excluding carboxylic acids is 2. The molecule has 2 atom stereocenters. The van der Waals surface area contributed by atoms with E-state index in [-0.39, 0.29) is 23.7 Å². The first kappa shape index (κ1) is 16.3. The molecule has 1 aromatic rings. The van der Waals surface area contributed by atoms with Gasteiger partial charge in [0.2, 0.25) is 11.8 Å². The lowest BCUT2D eigenvalue weighted by Gasteiger charge is -2.26. The van der Waals surface area contributed by atoms with Gasteiger partial charge in [-0.3, -0.25) is 9.59 Å². The van der Waals surface area contributed by atoms with Crippen LogP contribution < -0.4 is 11.1 Å². The van der Waals surface area contributed by atoms with Gasteiger partial charge < -0.3 is 11.1 Å². The second kappa shape index (κ2) is 6.91. The lowest BCUT2D eigenvalue weighted by atomic mass is 9.81. The maximum atomic E-state index is 12.3. The third-order valence-corrected chi connectivity index (χ3v) is 5.45. The molecule has 3 rings (SSSR count). The van der Waals surface area contributed by atoms with Gasteiger partial charge in [-0.15, -0.1) is 0 Å². The Morgan fingerprint density at radius 2 is 1.96 bits per heavy atom. The number of halogens is 1. The fourth-order valence-corrected chi connectivity index (χ4v) is 3.82. The molecule has 0 spiro atoms. The van der Waals surface area contributed by atoms with E-state index in [4.69, 9.17) is 17.3 Å². The fraction of sp³-hybridized carbons (Fsp3) is 0.556. The zero-order valence-corrected chi connectivity index (χ0v) is 13.9. The van der Waals surface area contributed by atoms with Crippen molar-refractivity contribution in [2.24, 2.45) is 23.5 Å². The van der Waals surface area contributed by atoms with Crippen LogP contribution in [0.5, 0.6) is 0 Å². The average molecular weight is 335 g/mol. The van der Waals surface area contributed by atoms with E-state index in [1.165, 1.54) is 0 Å². The largest absolute Gasteiger partial charge is 0.369 e. The van der Waals surface area contributed by atoms with Crippen LogP contribution >= 0.6 is 11.6 Å². The highest BCUT2D eigenvalue weighted by molar-refractivity contribution is 6.30. The molecule has 2 saturated carbocycles. The number of nitrogens with one attached hydrogen (secondary N) is 1. The van der Waals surface area contributed by atoms with Crippen LogP contribution in [0.3, 0.4) is 0 Å². The van der Waals surface area contributed by atoms with Gasteiger partial charge in [0, 0.05) is 23.4 Å². The van der Waals surface area contributed by atoms with Crippen molar-refractivity contribution in [3.8, 4) is 0 Å². The van der Waals surface area contributed by atoms with Crippen molar-refractivity contribution in [1.29, 1.82) is 0 Å². The number of carbonyl (C=O) groups is 2. The van der Waals surface area contributed by atoms with Crippen molar-refractivity contribution in [1.82, 2.24) is 5.32 Å². The van der Waals surface area contributed by atoms with Crippen molar-refractivity contribution >= 4 is 23.4 Å². The quantitative estimate of drug-likeness (QED) is 0.869. The smallest absolute Gasteiger partial charge is 0.223 e. The molecule has 124 valence electrons. The third kappa shape index (κ3) is 4.05. The predicted octanol–water partition coefficient (Wildman–Crippen LogP) is 2.85. The summed E-state index contributed by atoms with van der Waals surface area (Å²) in [5.74, 6) is 0.840. The molecule has 0 saturated heterocycles. The Morgan fingerprint density at radius 1 is 1.22 bits per heavy atom. The van der Waals surface area contributed by atoms with E-state index in [1.54, 1.807) is 0 Å². The topological polar surface area (TPSA) is 72.2 Å². The number of benzene rings is 1. The summed E-state index contributed by atoms with van der Waals surface area (Å²) in [5, 5.41) is 3.81. The number of nitrogens with two attached hydrogens (primary N) is 1. The molecule has 1 aromatic carbocycles. The molecule has 3 N–H and O–H groups in total. The Balaban J connectivity index is 1.42. The van der Waals surface area contributed by atoms with Gasteiger partial charge in [0.25, 0.3) is 0 Å². The van der Waals surface area contributed by atoms with Gasteiger partial charge in [-0.05, 0) is 61.6 Å². The van der Waals surface area contributed by atoms with Gasteiger partial charge in [-0.2, -0.15) is 0 Å². The highest BCUT2D eigenvalue weighted by Gasteiger charge is 2.44. The van der Waals surface area contributed by atoms with Crippen LogP contribution in [0.1, 0.15) is 43.6 Å². The lowest BCUT2D eigenvalue weighted by Crippen LogP contribution is -2.34. The van der Waals surface area contributed by atoms with E-state index in [2.05, 4.69) is 5.32 Å². The zero-order valence-electron chi connectivity index (χ0n) is 13.1. The first-order valence-corrected chi connectivity index (χ1v) is 8.75. The Morgan fingerprint density at radius 3 is 2.61 bits per heavy atom. The summed E-state index contributed by atoms with van der Waals surface area (Å²) < 4.78 is 0.